The van der Waals surface area contributed by atoms with Crippen molar-refractivity contribution < 1.29 is 9.47 Å². The highest BCUT2D eigenvalue weighted by Gasteiger charge is 2.42. The summed E-state index contributed by atoms with van der Waals surface area (Å²) >= 11 is 0. The number of nitrogens with one attached hydrogen (secondary N) is 1. The molecule has 2 rings (SSSR count). The normalized spacial score (nSPS) is 25.9. The fourth-order valence-electron chi connectivity index (χ4n) is 2.98. The molecule has 3 unspecified atom stereocenters. The van der Waals surface area contributed by atoms with Crippen LogP contribution in [0.3, 0.4) is 0 Å². The Hall–Kier alpha value is -1.07. The van der Waals surface area contributed by atoms with E-state index >= 15 is 0 Å². The molecule has 1 aromatic rings. The predicted octanol–water partition coefficient (Wildman–Crippen LogP) is 2.69. The van der Waals surface area contributed by atoms with Crippen LogP contribution in [0.2, 0.25) is 0 Å². The van der Waals surface area contributed by atoms with Crippen LogP contribution in [0.15, 0.2) is 0 Å². The van der Waals surface area contributed by atoms with Crippen LogP contribution in [0.1, 0.15) is 44.6 Å². The molecule has 1 N–H and O–H groups in total. The fourth-order valence-corrected chi connectivity index (χ4v) is 2.98. The smallest absolute Gasteiger partial charge is 0.103 e. The van der Waals surface area contributed by atoms with Crippen molar-refractivity contribution in [2.45, 2.75) is 65.3 Å². The Bertz CT molecular complexity index is 456. The number of rotatable bonds is 6. The van der Waals surface area contributed by atoms with Crippen molar-refractivity contribution in [3.05, 3.63) is 11.4 Å². The number of hydrogen-bond donors (Lipinski definition) is 1. The van der Waals surface area contributed by atoms with Crippen molar-refractivity contribution in [1.82, 2.24) is 9.78 Å². The number of aromatic nitrogens is 2. The second-order valence-corrected chi connectivity index (χ2v) is 5.76. The van der Waals surface area contributed by atoms with Gasteiger partial charge in [-0.3, -0.25) is 4.68 Å². The summed E-state index contributed by atoms with van der Waals surface area (Å²) in [7, 11) is 1.75. The molecule has 1 heterocycles. The Kier molecular flexibility index (Phi) is 4.70. The van der Waals surface area contributed by atoms with Gasteiger partial charge < -0.3 is 14.8 Å². The highest BCUT2D eigenvalue weighted by atomic mass is 16.5. The Morgan fingerprint density at radius 1 is 1.40 bits per heavy atom. The van der Waals surface area contributed by atoms with E-state index in [2.05, 4.69) is 42.8 Å². The highest BCUT2D eigenvalue weighted by molar-refractivity contribution is 5.53. The van der Waals surface area contributed by atoms with Crippen molar-refractivity contribution in [2.24, 2.45) is 0 Å². The Morgan fingerprint density at radius 3 is 2.60 bits per heavy atom. The van der Waals surface area contributed by atoms with Crippen LogP contribution in [0, 0.1) is 13.8 Å². The van der Waals surface area contributed by atoms with Crippen LogP contribution in [0.25, 0.3) is 0 Å². The third-order valence-electron chi connectivity index (χ3n) is 4.05. The van der Waals surface area contributed by atoms with Gasteiger partial charge in [0.25, 0.3) is 0 Å². The van der Waals surface area contributed by atoms with E-state index in [1.165, 1.54) is 5.69 Å². The van der Waals surface area contributed by atoms with Crippen molar-refractivity contribution in [3.8, 4) is 0 Å². The maximum Gasteiger partial charge on any atom is 0.103 e. The van der Waals surface area contributed by atoms with E-state index in [9.17, 15) is 0 Å². The summed E-state index contributed by atoms with van der Waals surface area (Å²) in [5, 5.41) is 8.20. The van der Waals surface area contributed by atoms with Crippen molar-refractivity contribution >= 4 is 5.69 Å². The first-order valence-electron chi connectivity index (χ1n) is 7.46. The van der Waals surface area contributed by atoms with Gasteiger partial charge in [0, 0.05) is 19.8 Å². The largest absolute Gasteiger partial charge is 0.377 e. The molecule has 0 amide bonds. The van der Waals surface area contributed by atoms with Crippen LogP contribution in [-0.2, 0) is 9.47 Å². The summed E-state index contributed by atoms with van der Waals surface area (Å²) < 4.78 is 13.3. The number of nitrogens with zero attached hydrogens (tertiary/aromatic N) is 2. The van der Waals surface area contributed by atoms with Crippen LogP contribution in [0.4, 0.5) is 5.69 Å². The molecule has 1 saturated carbocycles. The first-order valence-corrected chi connectivity index (χ1v) is 7.46. The topological polar surface area (TPSA) is 48.3 Å². The molecule has 1 aromatic heterocycles. The van der Waals surface area contributed by atoms with Gasteiger partial charge in [-0.15, -0.1) is 0 Å². The predicted molar refractivity (Wildman–Crippen MR) is 80.3 cm³/mol. The monoisotopic (exact) mass is 281 g/mol. The SMILES string of the molecule is CCOC1CC(Nc2c(C)nn(C(C)C)c2C)C1OC. The second-order valence-electron chi connectivity index (χ2n) is 5.76. The van der Waals surface area contributed by atoms with Gasteiger partial charge in [-0.05, 0) is 41.0 Å². The molecule has 1 fully saturated rings. The zero-order chi connectivity index (χ0) is 14.9. The Morgan fingerprint density at radius 2 is 2.10 bits per heavy atom. The zero-order valence-corrected chi connectivity index (χ0v) is 13.4. The first kappa shape index (κ1) is 15.3. The average molecular weight is 281 g/mol. The van der Waals surface area contributed by atoms with Gasteiger partial charge in [0.1, 0.15) is 6.10 Å². The number of anilines is 1. The molecule has 5 nitrogen and oxygen atoms in total. The summed E-state index contributed by atoms with van der Waals surface area (Å²) in [6.07, 6.45) is 1.32. The van der Waals surface area contributed by atoms with Crippen LogP contribution in [0.5, 0.6) is 0 Å². The maximum atomic E-state index is 5.67. The first-order chi connectivity index (χ1) is 9.49. The van der Waals surface area contributed by atoms with Gasteiger partial charge >= 0.3 is 0 Å². The molecule has 20 heavy (non-hydrogen) atoms. The third kappa shape index (κ3) is 2.69. The van der Waals surface area contributed by atoms with Gasteiger partial charge in [0.2, 0.25) is 0 Å². The van der Waals surface area contributed by atoms with E-state index in [0.717, 1.165) is 24.4 Å². The Labute approximate surface area is 121 Å². The minimum atomic E-state index is 0.121. The van der Waals surface area contributed by atoms with Crippen molar-refractivity contribution in [3.63, 3.8) is 0 Å². The standard InChI is InChI=1S/C15H27N3O2/c1-7-20-13-8-12(15(13)19-6)16-14-10(4)17-18(9(2)3)11(14)5/h9,12-13,15-16H,7-8H2,1-6H3. The van der Waals surface area contributed by atoms with E-state index in [0.29, 0.717) is 12.1 Å². The molecule has 5 heteroatoms. The van der Waals surface area contributed by atoms with Gasteiger partial charge in [-0.25, -0.2) is 0 Å². The van der Waals surface area contributed by atoms with Gasteiger partial charge in [0.15, 0.2) is 0 Å². The molecular formula is C15H27N3O2. The highest BCUT2D eigenvalue weighted by Crippen LogP contribution is 2.32. The summed E-state index contributed by atoms with van der Waals surface area (Å²) in [5.41, 5.74) is 3.37. The molecule has 0 bridgehead atoms. The average Bonchev–Trinajstić information content (AvgIpc) is 2.65. The molecule has 114 valence electrons. The van der Waals surface area contributed by atoms with Crippen molar-refractivity contribution in [2.75, 3.05) is 19.0 Å². The lowest BCUT2D eigenvalue weighted by Crippen LogP contribution is -2.56. The quantitative estimate of drug-likeness (QED) is 0.871. The number of ether oxygens (including phenoxy) is 2. The maximum absolute atomic E-state index is 5.67. The minimum Gasteiger partial charge on any atom is -0.377 e. The number of aryl methyl sites for hydroxylation is 1. The van der Waals surface area contributed by atoms with Gasteiger partial charge in [0.05, 0.1) is 29.2 Å². The Balaban J connectivity index is 2.08. The van der Waals surface area contributed by atoms with E-state index in [4.69, 9.17) is 9.47 Å². The fraction of sp³-hybridized carbons (Fsp3) is 0.800. The van der Waals surface area contributed by atoms with E-state index in [-0.39, 0.29) is 12.2 Å². The van der Waals surface area contributed by atoms with Crippen molar-refractivity contribution in [1.29, 1.82) is 0 Å². The molecule has 0 saturated heterocycles. The minimum absolute atomic E-state index is 0.121. The molecule has 0 aliphatic heterocycles. The lowest BCUT2D eigenvalue weighted by Gasteiger charge is -2.43. The number of hydrogen-bond acceptors (Lipinski definition) is 4. The van der Waals surface area contributed by atoms with E-state index in [1.807, 2.05) is 6.92 Å². The molecule has 0 radical (unpaired) electrons. The lowest BCUT2D eigenvalue weighted by molar-refractivity contribution is -0.118. The molecule has 0 spiro atoms. The molecule has 1 aliphatic rings. The molecule has 3 atom stereocenters. The van der Waals surface area contributed by atoms with Crippen LogP contribution >= 0.6 is 0 Å². The van der Waals surface area contributed by atoms with Crippen LogP contribution in [-0.4, -0.2) is 41.7 Å². The second kappa shape index (κ2) is 6.14. The summed E-state index contributed by atoms with van der Waals surface area (Å²) in [6.45, 7) is 11.2. The third-order valence-corrected chi connectivity index (χ3v) is 4.05. The summed E-state index contributed by atoms with van der Waals surface area (Å²) in [6, 6.07) is 0.679. The number of methoxy groups -OCH3 is 1. The van der Waals surface area contributed by atoms with Gasteiger partial charge in [-0.1, -0.05) is 0 Å². The lowest BCUT2D eigenvalue weighted by atomic mass is 9.85. The summed E-state index contributed by atoms with van der Waals surface area (Å²) in [4.78, 5) is 0. The molecule has 0 aromatic carbocycles. The zero-order valence-electron chi connectivity index (χ0n) is 13.4. The van der Waals surface area contributed by atoms with E-state index in [1.54, 1.807) is 7.11 Å². The van der Waals surface area contributed by atoms with Gasteiger partial charge in [-0.2, -0.15) is 5.10 Å². The molecular weight excluding hydrogens is 254 g/mol. The van der Waals surface area contributed by atoms with Crippen LogP contribution < -0.4 is 5.32 Å². The van der Waals surface area contributed by atoms with E-state index < -0.39 is 0 Å². The molecule has 1 aliphatic carbocycles. The summed E-state index contributed by atoms with van der Waals surface area (Å²) in [5.74, 6) is 0.